The van der Waals surface area contributed by atoms with E-state index in [0.717, 1.165) is 10.9 Å². The van der Waals surface area contributed by atoms with Gasteiger partial charge in [0.1, 0.15) is 22.9 Å². The molecule has 0 saturated carbocycles. The number of para-hydroxylation sites is 1. The fraction of sp³-hybridized carbons (Fsp3) is 0.286. The second kappa shape index (κ2) is 7.17. The van der Waals surface area contributed by atoms with Crippen LogP contribution in [0.1, 0.15) is 17.3 Å². The number of hydrogen-bond acceptors (Lipinski definition) is 6. The number of amides is 2. The first kappa shape index (κ1) is 19.2. The third-order valence-corrected chi connectivity index (χ3v) is 5.57. The van der Waals surface area contributed by atoms with Crippen molar-refractivity contribution in [3.63, 3.8) is 0 Å². The van der Waals surface area contributed by atoms with Gasteiger partial charge in [-0.3, -0.25) is 14.3 Å². The van der Waals surface area contributed by atoms with Crippen molar-refractivity contribution in [3.8, 4) is 11.4 Å². The summed E-state index contributed by atoms with van der Waals surface area (Å²) in [6.07, 6.45) is 3.19. The number of nitrogens with two attached hydrogens (primary N) is 1. The number of nitrogens with one attached hydrogen (secondary N) is 2. The summed E-state index contributed by atoms with van der Waals surface area (Å²) in [7, 11) is 1.87. The van der Waals surface area contributed by atoms with Gasteiger partial charge in [0.15, 0.2) is 5.65 Å². The van der Waals surface area contributed by atoms with Crippen LogP contribution in [0.5, 0.6) is 0 Å². The van der Waals surface area contributed by atoms with E-state index in [9.17, 15) is 9.59 Å². The van der Waals surface area contributed by atoms with Gasteiger partial charge in [-0.1, -0.05) is 18.2 Å². The summed E-state index contributed by atoms with van der Waals surface area (Å²) in [6.45, 7) is 2.69. The first-order valence-corrected chi connectivity index (χ1v) is 10.0. The Bertz CT molecular complexity index is 1320. The molecule has 0 unspecified atom stereocenters. The van der Waals surface area contributed by atoms with E-state index in [4.69, 9.17) is 5.73 Å². The van der Waals surface area contributed by atoms with Gasteiger partial charge in [0, 0.05) is 37.8 Å². The number of nitrogens with zero attached hydrogens (tertiary/aromatic N) is 5. The van der Waals surface area contributed by atoms with E-state index >= 15 is 0 Å². The summed E-state index contributed by atoms with van der Waals surface area (Å²) in [5.74, 6) is -0.545. The minimum atomic E-state index is -0.666. The van der Waals surface area contributed by atoms with Crippen molar-refractivity contribution in [2.75, 3.05) is 13.1 Å². The first-order valence-electron chi connectivity index (χ1n) is 10.0. The molecule has 0 radical (unpaired) electrons. The van der Waals surface area contributed by atoms with Crippen molar-refractivity contribution in [1.29, 1.82) is 0 Å². The molecule has 10 heteroatoms. The number of benzene rings is 1. The Kier molecular flexibility index (Phi) is 4.44. The molecule has 4 aromatic rings. The molecule has 2 amide bonds. The lowest BCUT2D eigenvalue weighted by molar-refractivity contribution is -0.137. The molecular weight excluding hydrogens is 396 g/mol. The molecule has 1 atom stereocenters. The number of likely N-dealkylation sites (tertiary alicyclic amines) is 1. The number of aromatic nitrogens is 5. The van der Waals surface area contributed by atoms with Crippen LogP contribution in [-0.2, 0) is 11.8 Å². The van der Waals surface area contributed by atoms with Crippen molar-refractivity contribution in [2.45, 2.75) is 19.0 Å². The average molecular weight is 418 g/mol. The van der Waals surface area contributed by atoms with E-state index < -0.39 is 11.9 Å². The van der Waals surface area contributed by atoms with Crippen LogP contribution in [0.3, 0.4) is 0 Å². The SMILES string of the molecule is C[C@@H](NC(=O)c1c[nH]c2ncc(-c3nn(C)c4ccccc34)nc12)C(=O)N1CC(N)C1. The molecule has 31 heavy (non-hydrogen) atoms. The highest BCUT2D eigenvalue weighted by atomic mass is 16.2. The van der Waals surface area contributed by atoms with E-state index in [-0.39, 0.29) is 11.9 Å². The van der Waals surface area contributed by atoms with Crippen LogP contribution in [0.2, 0.25) is 0 Å². The van der Waals surface area contributed by atoms with Crippen molar-refractivity contribution in [2.24, 2.45) is 12.8 Å². The summed E-state index contributed by atoms with van der Waals surface area (Å²) in [5, 5.41) is 8.29. The second-order valence-corrected chi connectivity index (χ2v) is 7.84. The van der Waals surface area contributed by atoms with E-state index in [0.29, 0.717) is 41.2 Å². The number of carbonyl (C=O) groups is 2. The number of H-pyrrole nitrogens is 1. The van der Waals surface area contributed by atoms with Gasteiger partial charge in [-0.05, 0) is 13.0 Å². The molecule has 5 rings (SSSR count). The molecule has 4 N–H and O–H groups in total. The highest BCUT2D eigenvalue weighted by Crippen LogP contribution is 2.27. The largest absolute Gasteiger partial charge is 0.344 e. The van der Waals surface area contributed by atoms with Crippen LogP contribution in [-0.4, -0.2) is 66.6 Å². The van der Waals surface area contributed by atoms with Gasteiger partial charge in [-0.15, -0.1) is 0 Å². The van der Waals surface area contributed by atoms with Gasteiger partial charge in [-0.2, -0.15) is 5.10 Å². The number of fused-ring (bicyclic) bond motifs is 2. The van der Waals surface area contributed by atoms with Crippen molar-refractivity contribution >= 4 is 33.9 Å². The minimum absolute atomic E-state index is 0.0110. The zero-order valence-corrected chi connectivity index (χ0v) is 17.2. The smallest absolute Gasteiger partial charge is 0.255 e. The third-order valence-electron chi connectivity index (χ3n) is 5.57. The molecule has 1 aromatic carbocycles. The lowest BCUT2D eigenvalue weighted by Gasteiger charge is -2.38. The second-order valence-electron chi connectivity index (χ2n) is 7.84. The fourth-order valence-electron chi connectivity index (χ4n) is 3.88. The number of hydrogen-bond donors (Lipinski definition) is 3. The Morgan fingerprint density at radius 1 is 1.29 bits per heavy atom. The van der Waals surface area contributed by atoms with Crippen molar-refractivity contribution in [3.05, 3.63) is 42.2 Å². The molecule has 0 aliphatic carbocycles. The van der Waals surface area contributed by atoms with Crippen LogP contribution in [0.4, 0.5) is 0 Å². The molecule has 0 spiro atoms. The van der Waals surface area contributed by atoms with Gasteiger partial charge in [-0.25, -0.2) is 9.97 Å². The zero-order chi connectivity index (χ0) is 21.7. The maximum absolute atomic E-state index is 12.9. The lowest BCUT2D eigenvalue weighted by Crippen LogP contribution is -2.61. The van der Waals surface area contributed by atoms with Gasteiger partial charge >= 0.3 is 0 Å². The highest BCUT2D eigenvalue weighted by Gasteiger charge is 2.31. The Balaban J connectivity index is 1.45. The summed E-state index contributed by atoms with van der Waals surface area (Å²) in [5.41, 5.74) is 9.21. The standard InChI is InChI=1S/C21H22N8O2/c1-11(21(31)29-9-12(22)10-29)25-20(30)14-7-23-19-18(14)26-15(8-24-19)17-13-5-3-4-6-16(13)28(2)27-17/h3-8,11-12H,9-10,22H2,1-2H3,(H,23,24)(H,25,30)/t11-/m1/s1. The Hall–Kier alpha value is -3.79. The molecular formula is C21H22N8O2. The summed E-state index contributed by atoms with van der Waals surface area (Å²) >= 11 is 0. The number of rotatable bonds is 4. The molecule has 4 heterocycles. The van der Waals surface area contributed by atoms with Crippen LogP contribution in [0, 0.1) is 0 Å². The van der Waals surface area contributed by atoms with Gasteiger partial charge in [0.05, 0.1) is 17.3 Å². The molecule has 1 aliphatic rings. The monoisotopic (exact) mass is 418 g/mol. The normalized spacial score (nSPS) is 15.3. The van der Waals surface area contributed by atoms with Gasteiger partial charge in [0.2, 0.25) is 5.91 Å². The Morgan fingerprint density at radius 2 is 2.06 bits per heavy atom. The van der Waals surface area contributed by atoms with Crippen LogP contribution >= 0.6 is 0 Å². The zero-order valence-electron chi connectivity index (χ0n) is 17.2. The molecule has 10 nitrogen and oxygen atoms in total. The summed E-state index contributed by atoms with van der Waals surface area (Å²) < 4.78 is 1.79. The molecule has 1 saturated heterocycles. The van der Waals surface area contributed by atoms with E-state index in [1.165, 1.54) is 0 Å². The maximum atomic E-state index is 12.9. The third kappa shape index (κ3) is 3.21. The summed E-state index contributed by atoms with van der Waals surface area (Å²) in [6, 6.07) is 7.20. The molecule has 0 bridgehead atoms. The molecule has 1 fully saturated rings. The maximum Gasteiger partial charge on any atom is 0.255 e. The predicted molar refractivity (Wildman–Crippen MR) is 115 cm³/mol. The van der Waals surface area contributed by atoms with Gasteiger partial charge in [0.25, 0.3) is 5.91 Å². The molecule has 1 aliphatic heterocycles. The Labute approximate surface area is 177 Å². The quantitative estimate of drug-likeness (QED) is 0.449. The van der Waals surface area contributed by atoms with Crippen molar-refractivity contribution < 1.29 is 9.59 Å². The fourth-order valence-corrected chi connectivity index (χ4v) is 3.88. The Morgan fingerprint density at radius 3 is 2.84 bits per heavy atom. The van der Waals surface area contributed by atoms with E-state index in [1.807, 2.05) is 31.3 Å². The summed E-state index contributed by atoms with van der Waals surface area (Å²) in [4.78, 5) is 39.0. The van der Waals surface area contributed by atoms with Crippen LogP contribution in [0.15, 0.2) is 36.7 Å². The number of aryl methyl sites for hydroxylation is 1. The van der Waals surface area contributed by atoms with E-state index in [1.54, 1.807) is 28.9 Å². The minimum Gasteiger partial charge on any atom is -0.344 e. The van der Waals surface area contributed by atoms with Crippen molar-refractivity contribution in [1.82, 2.24) is 34.9 Å². The molecule has 158 valence electrons. The highest BCUT2D eigenvalue weighted by molar-refractivity contribution is 6.06. The van der Waals surface area contributed by atoms with E-state index in [2.05, 4.69) is 25.4 Å². The number of aromatic amines is 1. The number of carbonyl (C=O) groups excluding carboxylic acids is 2. The predicted octanol–water partition coefficient (Wildman–Crippen LogP) is 0.799. The van der Waals surface area contributed by atoms with Gasteiger partial charge < -0.3 is 20.9 Å². The molecule has 3 aromatic heterocycles. The lowest BCUT2D eigenvalue weighted by atomic mass is 10.1. The average Bonchev–Trinajstić information content (AvgIpc) is 3.32. The van der Waals surface area contributed by atoms with Crippen LogP contribution in [0.25, 0.3) is 33.5 Å². The topological polar surface area (TPSA) is 135 Å². The van der Waals surface area contributed by atoms with Crippen LogP contribution < -0.4 is 11.1 Å². The first-order chi connectivity index (χ1) is 14.9.